The summed E-state index contributed by atoms with van der Waals surface area (Å²) >= 11 is 0. The first-order valence-electron chi connectivity index (χ1n) is 6.74. The molecule has 2 heteroatoms. The highest BCUT2D eigenvalue weighted by Crippen LogP contribution is 2.25. The van der Waals surface area contributed by atoms with Gasteiger partial charge in [0.05, 0.1) is 5.52 Å². The van der Waals surface area contributed by atoms with Crippen LogP contribution in [0.1, 0.15) is 12.0 Å². The minimum absolute atomic E-state index is 0.741. The summed E-state index contributed by atoms with van der Waals surface area (Å²) in [5.74, 6) is 0. The van der Waals surface area contributed by atoms with E-state index in [1.165, 1.54) is 22.2 Å². The van der Waals surface area contributed by atoms with E-state index in [1.54, 1.807) is 0 Å². The lowest BCUT2D eigenvalue weighted by Gasteiger charge is -2.04. The van der Waals surface area contributed by atoms with Crippen molar-refractivity contribution in [2.75, 3.05) is 6.54 Å². The molecule has 1 heterocycles. The molecule has 0 aliphatic heterocycles. The third-order valence-corrected chi connectivity index (χ3v) is 3.48. The molecular formula is C17H18N2. The number of fused-ring (bicyclic) bond motifs is 1. The maximum Gasteiger partial charge on any atom is 0.0531 e. The van der Waals surface area contributed by atoms with Gasteiger partial charge >= 0.3 is 0 Å². The Morgan fingerprint density at radius 3 is 2.42 bits per heavy atom. The van der Waals surface area contributed by atoms with E-state index in [1.807, 2.05) is 6.07 Å². The highest BCUT2D eigenvalue weighted by Gasteiger charge is 2.08. The van der Waals surface area contributed by atoms with Crippen LogP contribution in [0.3, 0.4) is 0 Å². The second kappa shape index (κ2) is 5.29. The fraction of sp³-hybridized carbons (Fsp3) is 0.176. The predicted molar refractivity (Wildman–Crippen MR) is 80.7 cm³/mol. The van der Waals surface area contributed by atoms with Gasteiger partial charge in [-0.1, -0.05) is 36.4 Å². The number of aryl methyl sites for hydroxylation is 1. The maximum atomic E-state index is 5.63. The summed E-state index contributed by atoms with van der Waals surface area (Å²) in [4.78, 5) is 0. The topological polar surface area (TPSA) is 30.9 Å². The summed E-state index contributed by atoms with van der Waals surface area (Å²) in [6.07, 6.45) is 4.31. The molecule has 2 nitrogen and oxygen atoms in total. The van der Waals surface area contributed by atoms with Crippen LogP contribution in [0.5, 0.6) is 0 Å². The Morgan fingerprint density at radius 2 is 1.63 bits per heavy atom. The molecule has 0 amide bonds. The number of rotatable bonds is 4. The average molecular weight is 250 g/mol. The number of nitrogens with zero attached hydrogens (tertiary/aromatic N) is 1. The van der Waals surface area contributed by atoms with Crippen molar-refractivity contribution in [2.24, 2.45) is 5.73 Å². The van der Waals surface area contributed by atoms with Crippen LogP contribution in [0, 0.1) is 0 Å². The van der Waals surface area contributed by atoms with Gasteiger partial charge in [-0.25, -0.2) is 0 Å². The lowest BCUT2D eigenvalue weighted by molar-refractivity contribution is 0.834. The Bertz CT molecular complexity index is 668. The molecule has 96 valence electrons. The predicted octanol–water partition coefficient (Wildman–Crippen LogP) is 3.52. The molecule has 0 atom stereocenters. The van der Waals surface area contributed by atoms with E-state index >= 15 is 0 Å². The summed E-state index contributed by atoms with van der Waals surface area (Å²) in [7, 11) is 0. The number of nitrogens with two attached hydrogens (primary N) is 1. The number of hydrogen-bond acceptors (Lipinski definition) is 1. The average Bonchev–Trinajstić information content (AvgIpc) is 2.85. The summed E-state index contributed by atoms with van der Waals surface area (Å²) in [5.41, 5.74) is 9.48. The Hall–Kier alpha value is -2.06. The Morgan fingerprint density at radius 1 is 0.895 bits per heavy atom. The van der Waals surface area contributed by atoms with Gasteiger partial charge in [0.2, 0.25) is 0 Å². The monoisotopic (exact) mass is 250 g/mol. The van der Waals surface area contributed by atoms with Crippen LogP contribution in [0.15, 0.2) is 60.8 Å². The number of aromatic nitrogens is 1. The molecule has 3 rings (SSSR count). The van der Waals surface area contributed by atoms with Crippen molar-refractivity contribution in [1.82, 2.24) is 4.57 Å². The SMILES string of the molecule is NCCCc1cn(-c2ccccc2)c2ccccc12. The molecule has 0 bridgehead atoms. The van der Waals surface area contributed by atoms with Crippen molar-refractivity contribution in [3.8, 4) is 5.69 Å². The Balaban J connectivity index is 2.15. The third-order valence-electron chi connectivity index (χ3n) is 3.48. The molecule has 1 aromatic heterocycles. The molecular weight excluding hydrogens is 232 g/mol. The van der Waals surface area contributed by atoms with E-state index in [-0.39, 0.29) is 0 Å². The van der Waals surface area contributed by atoms with E-state index < -0.39 is 0 Å². The lowest BCUT2D eigenvalue weighted by Crippen LogP contribution is -1.99. The van der Waals surface area contributed by atoms with Crippen LogP contribution in [-0.4, -0.2) is 11.1 Å². The molecule has 3 aromatic rings. The highest BCUT2D eigenvalue weighted by molar-refractivity contribution is 5.85. The first kappa shape index (κ1) is 12.0. The minimum atomic E-state index is 0.741. The van der Waals surface area contributed by atoms with Crippen molar-refractivity contribution < 1.29 is 0 Å². The minimum Gasteiger partial charge on any atom is -0.330 e. The summed E-state index contributed by atoms with van der Waals surface area (Å²) in [6.45, 7) is 0.741. The molecule has 0 fully saturated rings. The second-order valence-corrected chi connectivity index (χ2v) is 4.77. The van der Waals surface area contributed by atoms with Crippen LogP contribution in [0.25, 0.3) is 16.6 Å². The fourth-order valence-corrected chi connectivity index (χ4v) is 2.54. The number of benzene rings is 2. The summed E-state index contributed by atoms with van der Waals surface area (Å²) in [6, 6.07) is 19.0. The van der Waals surface area contributed by atoms with E-state index in [9.17, 15) is 0 Å². The smallest absolute Gasteiger partial charge is 0.0531 e. The third kappa shape index (κ3) is 2.27. The van der Waals surface area contributed by atoms with Crippen LogP contribution in [0.4, 0.5) is 0 Å². The van der Waals surface area contributed by atoms with Gasteiger partial charge in [-0.3, -0.25) is 0 Å². The van der Waals surface area contributed by atoms with E-state index in [4.69, 9.17) is 5.73 Å². The van der Waals surface area contributed by atoms with Gasteiger partial charge in [-0.05, 0) is 43.1 Å². The summed E-state index contributed by atoms with van der Waals surface area (Å²) < 4.78 is 2.27. The van der Waals surface area contributed by atoms with Gasteiger partial charge in [0.25, 0.3) is 0 Å². The number of hydrogen-bond donors (Lipinski definition) is 1. The van der Waals surface area contributed by atoms with Gasteiger partial charge in [-0.15, -0.1) is 0 Å². The summed E-state index contributed by atoms with van der Waals surface area (Å²) in [5, 5.41) is 1.33. The van der Waals surface area contributed by atoms with Gasteiger partial charge < -0.3 is 10.3 Å². The Kier molecular flexibility index (Phi) is 3.34. The molecule has 0 saturated heterocycles. The molecule has 0 spiro atoms. The molecule has 0 aliphatic carbocycles. The van der Waals surface area contributed by atoms with Gasteiger partial charge in [-0.2, -0.15) is 0 Å². The van der Waals surface area contributed by atoms with E-state index in [2.05, 4.69) is 59.3 Å². The van der Waals surface area contributed by atoms with Crippen molar-refractivity contribution >= 4 is 10.9 Å². The molecule has 2 N–H and O–H groups in total. The molecule has 0 saturated carbocycles. The van der Waals surface area contributed by atoms with Gasteiger partial charge in [0.1, 0.15) is 0 Å². The molecule has 0 aliphatic rings. The zero-order valence-corrected chi connectivity index (χ0v) is 10.9. The second-order valence-electron chi connectivity index (χ2n) is 4.77. The van der Waals surface area contributed by atoms with Crippen molar-refractivity contribution in [3.05, 3.63) is 66.4 Å². The quantitative estimate of drug-likeness (QED) is 0.754. The lowest BCUT2D eigenvalue weighted by atomic mass is 10.1. The standard InChI is InChI=1S/C17H18N2/c18-12-6-7-14-13-19(15-8-2-1-3-9-15)17-11-5-4-10-16(14)17/h1-5,8-11,13H,6-7,12,18H2. The largest absolute Gasteiger partial charge is 0.330 e. The normalized spacial score (nSPS) is 11.0. The van der Waals surface area contributed by atoms with Crippen LogP contribution in [-0.2, 0) is 6.42 Å². The van der Waals surface area contributed by atoms with Crippen LogP contribution in [0.2, 0.25) is 0 Å². The van der Waals surface area contributed by atoms with Gasteiger partial charge in [0.15, 0.2) is 0 Å². The van der Waals surface area contributed by atoms with Crippen molar-refractivity contribution in [3.63, 3.8) is 0 Å². The van der Waals surface area contributed by atoms with Crippen molar-refractivity contribution in [1.29, 1.82) is 0 Å². The molecule has 19 heavy (non-hydrogen) atoms. The van der Waals surface area contributed by atoms with Crippen LogP contribution >= 0.6 is 0 Å². The van der Waals surface area contributed by atoms with E-state index in [0.717, 1.165) is 19.4 Å². The molecule has 0 unspecified atom stereocenters. The van der Waals surface area contributed by atoms with Crippen molar-refractivity contribution in [2.45, 2.75) is 12.8 Å². The number of para-hydroxylation sites is 2. The Labute approximate surface area is 113 Å². The zero-order valence-electron chi connectivity index (χ0n) is 10.9. The molecule has 2 aromatic carbocycles. The van der Waals surface area contributed by atoms with E-state index in [0.29, 0.717) is 0 Å². The first-order valence-corrected chi connectivity index (χ1v) is 6.74. The zero-order chi connectivity index (χ0) is 13.1. The highest BCUT2D eigenvalue weighted by atomic mass is 15.0. The first-order chi connectivity index (χ1) is 9.40. The van der Waals surface area contributed by atoms with Crippen LogP contribution < -0.4 is 5.73 Å². The fourth-order valence-electron chi connectivity index (χ4n) is 2.54. The maximum absolute atomic E-state index is 5.63. The molecule has 0 radical (unpaired) electrons. The van der Waals surface area contributed by atoms with Gasteiger partial charge in [0, 0.05) is 17.3 Å².